The smallest absolute Gasteiger partial charge is 0.407 e. The number of amides is 3. The molecule has 3 atom stereocenters. The van der Waals surface area contributed by atoms with Crippen LogP contribution < -0.4 is 16.4 Å². The van der Waals surface area contributed by atoms with E-state index in [1.165, 1.54) is 7.11 Å². The van der Waals surface area contributed by atoms with E-state index >= 15 is 0 Å². The van der Waals surface area contributed by atoms with Crippen LogP contribution >= 0.6 is 36.6 Å². The number of hydrogen-bond donors (Lipinski definition) is 3. The van der Waals surface area contributed by atoms with Crippen LogP contribution in [0.3, 0.4) is 0 Å². The number of fused-ring (bicyclic) bond motifs is 1. The third-order valence-corrected chi connectivity index (χ3v) is 8.84. The van der Waals surface area contributed by atoms with Gasteiger partial charge in [0.05, 0.1) is 13.7 Å². The highest BCUT2D eigenvalue weighted by Crippen LogP contribution is 2.23. The fourth-order valence-corrected chi connectivity index (χ4v) is 6.28. The van der Waals surface area contributed by atoms with E-state index in [1.807, 2.05) is 77.9 Å². The molecule has 0 saturated carbocycles. The standard InChI is InChI=1S/C35H45N5O6S.2ClH/c1-45-34(43)31(17-19-47-2)38-32(41)23-39(21-27-14-8-13-26-12-6-7-16-29(26)27)22-28-15-9-18-40(28)33(42)30(36)20-37-35(44)46-24-25-10-4-3-5-11-25;;/h3-8,10-14,16,28,30-31H,9,15,17-24,36H2,1-2H3,(H,37,44)(H,38,41);2*1H/t28-,30-,31-;;/m0../s1. The maximum Gasteiger partial charge on any atom is 0.407 e. The fourth-order valence-electron chi connectivity index (χ4n) is 5.81. The Morgan fingerprint density at radius 2 is 1.73 bits per heavy atom. The lowest BCUT2D eigenvalue weighted by molar-refractivity contribution is -0.145. The van der Waals surface area contributed by atoms with Crippen LogP contribution in [0.15, 0.2) is 72.8 Å². The van der Waals surface area contributed by atoms with Gasteiger partial charge in [0.1, 0.15) is 18.7 Å². The summed E-state index contributed by atoms with van der Waals surface area (Å²) in [5.41, 5.74) is 8.17. The van der Waals surface area contributed by atoms with Gasteiger partial charge in [-0.15, -0.1) is 24.8 Å². The lowest BCUT2D eigenvalue weighted by Crippen LogP contribution is -2.53. The number of nitrogens with zero attached hydrogens (tertiary/aromatic N) is 2. The second-order valence-corrected chi connectivity index (χ2v) is 12.6. The third-order valence-electron chi connectivity index (χ3n) is 8.20. The number of benzene rings is 3. The summed E-state index contributed by atoms with van der Waals surface area (Å²) in [6.07, 6.45) is 3.29. The van der Waals surface area contributed by atoms with Crippen molar-refractivity contribution in [3.05, 3.63) is 83.9 Å². The highest BCUT2D eigenvalue weighted by Gasteiger charge is 2.34. The van der Waals surface area contributed by atoms with Crippen LogP contribution in [-0.2, 0) is 37.0 Å². The quantitative estimate of drug-likeness (QED) is 0.185. The molecule has 3 amide bonds. The Labute approximate surface area is 304 Å². The van der Waals surface area contributed by atoms with Gasteiger partial charge >= 0.3 is 12.1 Å². The van der Waals surface area contributed by atoms with Crippen LogP contribution in [0.2, 0.25) is 0 Å². The molecule has 3 aromatic rings. The Hall–Kier alpha value is -3.55. The molecule has 1 heterocycles. The Kier molecular flexibility index (Phi) is 18.3. The molecule has 1 aliphatic rings. The van der Waals surface area contributed by atoms with Crippen LogP contribution in [0.25, 0.3) is 10.8 Å². The van der Waals surface area contributed by atoms with Gasteiger partial charge in [-0.3, -0.25) is 14.5 Å². The predicted octanol–water partition coefficient (Wildman–Crippen LogP) is 4.14. The first-order valence-corrected chi connectivity index (χ1v) is 17.2. The molecule has 0 radical (unpaired) electrons. The van der Waals surface area contributed by atoms with Gasteiger partial charge in [-0.2, -0.15) is 11.8 Å². The van der Waals surface area contributed by atoms with Crippen molar-refractivity contribution in [3.63, 3.8) is 0 Å². The number of thioether (sulfide) groups is 1. The van der Waals surface area contributed by atoms with E-state index < -0.39 is 24.1 Å². The first kappa shape index (κ1) is 41.6. The Morgan fingerprint density at radius 1 is 1.02 bits per heavy atom. The van der Waals surface area contributed by atoms with Crippen molar-refractivity contribution in [2.75, 3.05) is 45.3 Å². The zero-order chi connectivity index (χ0) is 33.6. The number of hydrogen-bond acceptors (Lipinski definition) is 9. The van der Waals surface area contributed by atoms with Crippen LogP contribution in [0.5, 0.6) is 0 Å². The number of alkyl carbamates (subject to hydrolysis) is 1. The molecule has 0 aliphatic carbocycles. The highest BCUT2D eigenvalue weighted by molar-refractivity contribution is 7.98. The van der Waals surface area contributed by atoms with E-state index in [0.29, 0.717) is 31.8 Å². The van der Waals surface area contributed by atoms with Crippen LogP contribution in [0.1, 0.15) is 30.4 Å². The molecule has 49 heavy (non-hydrogen) atoms. The summed E-state index contributed by atoms with van der Waals surface area (Å²) in [7, 11) is 1.31. The number of esters is 1. The van der Waals surface area contributed by atoms with Crippen molar-refractivity contribution in [2.45, 2.75) is 50.5 Å². The van der Waals surface area contributed by atoms with Crippen molar-refractivity contribution in [2.24, 2.45) is 5.73 Å². The lowest BCUT2D eigenvalue weighted by atomic mass is 10.0. The van der Waals surface area contributed by atoms with Crippen molar-refractivity contribution in [1.29, 1.82) is 0 Å². The number of nitrogens with two attached hydrogens (primary N) is 1. The SMILES string of the molecule is COC(=O)[C@H](CCSC)NC(=O)CN(Cc1cccc2ccccc12)C[C@@H]1CCCN1C(=O)[C@@H](N)CNC(=O)OCc1ccccc1.Cl.Cl. The van der Waals surface area contributed by atoms with Gasteiger partial charge in [0.15, 0.2) is 0 Å². The molecular formula is C35H47Cl2N5O6S. The van der Waals surface area contributed by atoms with Gasteiger partial charge in [-0.05, 0) is 53.2 Å². The van der Waals surface area contributed by atoms with Gasteiger partial charge in [0.2, 0.25) is 11.8 Å². The molecule has 4 rings (SSSR count). The molecule has 1 fully saturated rings. The van der Waals surface area contributed by atoms with Crippen molar-refractivity contribution >= 4 is 71.2 Å². The lowest BCUT2D eigenvalue weighted by Gasteiger charge is -2.32. The van der Waals surface area contributed by atoms with E-state index in [0.717, 1.165) is 34.7 Å². The maximum absolute atomic E-state index is 13.5. The summed E-state index contributed by atoms with van der Waals surface area (Å²) < 4.78 is 10.2. The molecule has 268 valence electrons. The van der Waals surface area contributed by atoms with Gasteiger partial charge in [-0.25, -0.2) is 9.59 Å². The Balaban J connectivity index is 0.00000417. The zero-order valence-electron chi connectivity index (χ0n) is 27.9. The molecular weight excluding hydrogens is 689 g/mol. The first-order valence-electron chi connectivity index (χ1n) is 15.8. The fraction of sp³-hybridized carbons (Fsp3) is 0.429. The molecule has 1 saturated heterocycles. The third kappa shape index (κ3) is 12.7. The topological polar surface area (TPSA) is 143 Å². The van der Waals surface area contributed by atoms with Crippen molar-refractivity contribution < 1.29 is 28.7 Å². The molecule has 14 heteroatoms. The molecule has 0 spiro atoms. The monoisotopic (exact) mass is 735 g/mol. The average Bonchev–Trinajstić information content (AvgIpc) is 3.55. The Morgan fingerprint density at radius 3 is 2.47 bits per heavy atom. The summed E-state index contributed by atoms with van der Waals surface area (Å²) in [6, 6.07) is 21.6. The second-order valence-electron chi connectivity index (χ2n) is 11.6. The highest BCUT2D eigenvalue weighted by atomic mass is 35.5. The molecule has 0 aromatic heterocycles. The predicted molar refractivity (Wildman–Crippen MR) is 198 cm³/mol. The summed E-state index contributed by atoms with van der Waals surface area (Å²) in [6.45, 7) is 1.49. The zero-order valence-corrected chi connectivity index (χ0v) is 30.3. The number of likely N-dealkylation sites (tertiary alicyclic amines) is 1. The molecule has 0 bridgehead atoms. The second kappa shape index (κ2) is 21.5. The number of halogens is 2. The molecule has 3 aromatic carbocycles. The minimum atomic E-state index is -0.952. The van der Waals surface area contributed by atoms with Crippen LogP contribution in [-0.4, -0.2) is 97.1 Å². The van der Waals surface area contributed by atoms with E-state index in [-0.39, 0.29) is 62.4 Å². The minimum Gasteiger partial charge on any atom is -0.467 e. The minimum absolute atomic E-state index is 0. The number of nitrogens with one attached hydrogen (secondary N) is 2. The van der Waals surface area contributed by atoms with Crippen molar-refractivity contribution in [1.82, 2.24) is 20.4 Å². The normalized spacial score (nSPS) is 15.0. The van der Waals surface area contributed by atoms with E-state index in [9.17, 15) is 19.2 Å². The molecule has 1 aliphatic heterocycles. The van der Waals surface area contributed by atoms with Gasteiger partial charge in [0.25, 0.3) is 0 Å². The number of rotatable bonds is 16. The molecule has 0 unspecified atom stereocenters. The Bertz CT molecular complexity index is 1500. The number of carbonyl (C=O) groups is 4. The summed E-state index contributed by atoms with van der Waals surface area (Å²) in [4.78, 5) is 55.3. The number of carbonyl (C=O) groups excluding carboxylic acids is 4. The average molecular weight is 737 g/mol. The summed E-state index contributed by atoms with van der Waals surface area (Å²) >= 11 is 1.59. The first-order chi connectivity index (χ1) is 22.8. The van der Waals surface area contributed by atoms with Crippen LogP contribution in [0, 0.1) is 0 Å². The maximum atomic E-state index is 13.5. The molecule has 11 nitrogen and oxygen atoms in total. The molecule has 4 N–H and O–H groups in total. The van der Waals surface area contributed by atoms with Crippen LogP contribution in [0.4, 0.5) is 4.79 Å². The van der Waals surface area contributed by atoms with Crippen molar-refractivity contribution in [3.8, 4) is 0 Å². The van der Waals surface area contributed by atoms with Gasteiger partial charge in [-0.1, -0.05) is 72.8 Å². The van der Waals surface area contributed by atoms with E-state index in [4.69, 9.17) is 15.2 Å². The largest absolute Gasteiger partial charge is 0.467 e. The summed E-state index contributed by atoms with van der Waals surface area (Å²) in [5, 5.41) is 7.63. The van der Waals surface area contributed by atoms with Gasteiger partial charge < -0.3 is 30.7 Å². The van der Waals surface area contributed by atoms with E-state index in [1.54, 1.807) is 16.7 Å². The number of methoxy groups -OCH3 is 1. The van der Waals surface area contributed by atoms with E-state index in [2.05, 4.69) is 16.7 Å². The summed E-state index contributed by atoms with van der Waals surface area (Å²) in [5.74, 6) is -0.355. The van der Waals surface area contributed by atoms with Gasteiger partial charge in [0, 0.05) is 32.2 Å². The number of ether oxygens (including phenoxy) is 2.